The first-order valence-electron chi connectivity index (χ1n) is 7.79. The van der Waals surface area contributed by atoms with Gasteiger partial charge in [0.2, 0.25) is 0 Å². The van der Waals surface area contributed by atoms with Gasteiger partial charge in [0, 0.05) is 18.0 Å². The average Bonchev–Trinajstić information content (AvgIpc) is 2.45. The fraction of sp³-hybridized carbons (Fsp3) is 0.588. The van der Waals surface area contributed by atoms with Crippen molar-refractivity contribution in [2.24, 2.45) is 5.92 Å². The van der Waals surface area contributed by atoms with Crippen LogP contribution in [0.4, 0.5) is 0 Å². The Morgan fingerprint density at radius 1 is 1.38 bits per heavy atom. The molecule has 0 heterocycles. The minimum absolute atomic E-state index is 0.0840. The van der Waals surface area contributed by atoms with Crippen LogP contribution in [0.3, 0.4) is 0 Å². The summed E-state index contributed by atoms with van der Waals surface area (Å²) >= 11 is 0. The molecule has 0 bridgehead atoms. The van der Waals surface area contributed by atoms with Gasteiger partial charge in [-0.15, -0.1) is 0 Å². The second kappa shape index (κ2) is 7.46. The lowest BCUT2D eigenvalue weighted by Gasteiger charge is -2.27. The summed E-state index contributed by atoms with van der Waals surface area (Å²) in [6, 6.07) is 7.20. The van der Waals surface area contributed by atoms with Crippen LogP contribution in [0.5, 0.6) is 5.75 Å². The molecule has 4 nitrogen and oxygen atoms in total. The standard InChI is InChI=1S/C17H25NO3/c1-12(2)21-15-8-5-7-13(10-15)17(20)18-11-14-6-3-4-9-16(14)19/h5,7-8,10,12,14,16,19H,3-4,6,9,11H2,1-2H3,(H,18,20). The summed E-state index contributed by atoms with van der Waals surface area (Å²) in [6.07, 6.45) is 3.85. The number of ether oxygens (including phenoxy) is 1. The van der Waals surface area contributed by atoms with Gasteiger partial charge < -0.3 is 15.2 Å². The Morgan fingerprint density at radius 3 is 2.86 bits per heavy atom. The second-order valence-electron chi connectivity index (χ2n) is 6.02. The number of benzene rings is 1. The fourth-order valence-corrected chi connectivity index (χ4v) is 2.73. The van der Waals surface area contributed by atoms with Gasteiger partial charge >= 0.3 is 0 Å². The zero-order valence-electron chi connectivity index (χ0n) is 12.8. The highest BCUT2D eigenvalue weighted by Crippen LogP contribution is 2.23. The summed E-state index contributed by atoms with van der Waals surface area (Å²) in [5.74, 6) is 0.773. The van der Waals surface area contributed by atoms with Crippen LogP contribution in [-0.4, -0.2) is 29.8 Å². The summed E-state index contributed by atoms with van der Waals surface area (Å²) in [6.45, 7) is 4.45. The van der Waals surface area contributed by atoms with Gasteiger partial charge in [-0.25, -0.2) is 0 Å². The van der Waals surface area contributed by atoms with Gasteiger partial charge in [0.05, 0.1) is 12.2 Å². The first-order valence-corrected chi connectivity index (χ1v) is 7.79. The van der Waals surface area contributed by atoms with Crippen molar-refractivity contribution in [1.29, 1.82) is 0 Å². The normalized spacial score (nSPS) is 22.1. The number of amides is 1. The number of hydrogen-bond donors (Lipinski definition) is 2. The summed E-state index contributed by atoms with van der Waals surface area (Å²) < 4.78 is 5.60. The monoisotopic (exact) mass is 291 g/mol. The first kappa shape index (κ1) is 15.8. The van der Waals surface area contributed by atoms with Crippen LogP contribution in [0.2, 0.25) is 0 Å². The molecule has 2 unspecified atom stereocenters. The van der Waals surface area contributed by atoms with E-state index in [0.717, 1.165) is 25.7 Å². The largest absolute Gasteiger partial charge is 0.491 e. The molecule has 1 amide bonds. The van der Waals surface area contributed by atoms with Crippen LogP contribution < -0.4 is 10.1 Å². The van der Waals surface area contributed by atoms with E-state index in [1.165, 1.54) is 0 Å². The molecule has 1 aliphatic carbocycles. The predicted molar refractivity (Wildman–Crippen MR) is 82.5 cm³/mol. The summed E-state index contributed by atoms with van der Waals surface area (Å²) in [5.41, 5.74) is 0.596. The Bertz CT molecular complexity index is 473. The van der Waals surface area contributed by atoms with Crippen LogP contribution >= 0.6 is 0 Å². The molecular formula is C17H25NO3. The molecule has 0 aromatic heterocycles. The van der Waals surface area contributed by atoms with Gasteiger partial charge in [-0.2, -0.15) is 0 Å². The third-order valence-electron chi connectivity index (χ3n) is 3.86. The summed E-state index contributed by atoms with van der Waals surface area (Å²) in [7, 11) is 0. The molecule has 21 heavy (non-hydrogen) atoms. The third-order valence-corrected chi connectivity index (χ3v) is 3.86. The van der Waals surface area contributed by atoms with Crippen LogP contribution in [0, 0.1) is 5.92 Å². The number of nitrogens with one attached hydrogen (secondary N) is 1. The van der Waals surface area contributed by atoms with E-state index in [-0.39, 0.29) is 24.0 Å². The average molecular weight is 291 g/mol. The maximum absolute atomic E-state index is 12.2. The Morgan fingerprint density at radius 2 is 2.14 bits per heavy atom. The van der Waals surface area contributed by atoms with Crippen molar-refractivity contribution < 1.29 is 14.6 Å². The Balaban J connectivity index is 1.90. The van der Waals surface area contributed by atoms with E-state index in [9.17, 15) is 9.90 Å². The minimum Gasteiger partial charge on any atom is -0.491 e. The molecule has 2 rings (SSSR count). The zero-order chi connectivity index (χ0) is 15.2. The lowest BCUT2D eigenvalue weighted by molar-refractivity contribution is 0.0662. The Hall–Kier alpha value is -1.55. The molecule has 4 heteroatoms. The quantitative estimate of drug-likeness (QED) is 0.877. The van der Waals surface area contributed by atoms with Crippen molar-refractivity contribution in [2.75, 3.05) is 6.54 Å². The number of aliphatic hydroxyl groups is 1. The van der Waals surface area contributed by atoms with Crippen molar-refractivity contribution in [1.82, 2.24) is 5.32 Å². The lowest BCUT2D eigenvalue weighted by Crippen LogP contribution is -2.36. The van der Waals surface area contributed by atoms with E-state index in [1.54, 1.807) is 12.1 Å². The highest BCUT2D eigenvalue weighted by atomic mass is 16.5. The number of rotatable bonds is 5. The Kier molecular flexibility index (Phi) is 5.62. The van der Waals surface area contributed by atoms with Gasteiger partial charge in [0.1, 0.15) is 5.75 Å². The molecule has 1 saturated carbocycles. The highest BCUT2D eigenvalue weighted by molar-refractivity contribution is 5.94. The predicted octanol–water partition coefficient (Wildman–Crippen LogP) is 2.75. The van der Waals surface area contributed by atoms with Gasteiger partial charge in [-0.3, -0.25) is 4.79 Å². The smallest absolute Gasteiger partial charge is 0.251 e. The fourth-order valence-electron chi connectivity index (χ4n) is 2.73. The van der Waals surface area contributed by atoms with Crippen LogP contribution in [-0.2, 0) is 0 Å². The lowest BCUT2D eigenvalue weighted by atomic mass is 9.86. The molecule has 1 aromatic carbocycles. The van der Waals surface area contributed by atoms with Crippen LogP contribution in [0.25, 0.3) is 0 Å². The van der Waals surface area contributed by atoms with Crippen molar-refractivity contribution in [2.45, 2.75) is 51.7 Å². The molecule has 1 aromatic rings. The molecule has 116 valence electrons. The molecule has 0 saturated heterocycles. The van der Waals surface area contributed by atoms with Crippen LogP contribution in [0.1, 0.15) is 49.9 Å². The van der Waals surface area contributed by atoms with Crippen LogP contribution in [0.15, 0.2) is 24.3 Å². The number of carbonyl (C=O) groups is 1. The van der Waals surface area contributed by atoms with E-state index in [4.69, 9.17) is 4.74 Å². The summed E-state index contributed by atoms with van der Waals surface area (Å²) in [4.78, 5) is 12.2. The van der Waals surface area contributed by atoms with Crippen molar-refractivity contribution in [3.05, 3.63) is 29.8 Å². The molecule has 0 aliphatic heterocycles. The molecule has 2 atom stereocenters. The van der Waals surface area contributed by atoms with E-state index in [2.05, 4.69) is 5.32 Å². The van der Waals surface area contributed by atoms with E-state index < -0.39 is 0 Å². The maximum Gasteiger partial charge on any atom is 0.251 e. The molecule has 0 radical (unpaired) electrons. The van der Waals surface area contributed by atoms with Gasteiger partial charge in [0.25, 0.3) is 5.91 Å². The van der Waals surface area contributed by atoms with Gasteiger partial charge in [0.15, 0.2) is 0 Å². The number of hydrogen-bond acceptors (Lipinski definition) is 3. The minimum atomic E-state index is -0.283. The SMILES string of the molecule is CC(C)Oc1cccc(C(=O)NCC2CCCCC2O)c1. The summed E-state index contributed by atoms with van der Waals surface area (Å²) in [5, 5.41) is 12.8. The molecular weight excluding hydrogens is 266 g/mol. The van der Waals surface area contributed by atoms with E-state index in [0.29, 0.717) is 17.9 Å². The number of carbonyl (C=O) groups excluding carboxylic acids is 1. The second-order valence-corrected chi connectivity index (χ2v) is 6.02. The number of aliphatic hydroxyl groups excluding tert-OH is 1. The Labute approximate surface area is 126 Å². The highest BCUT2D eigenvalue weighted by Gasteiger charge is 2.23. The topological polar surface area (TPSA) is 58.6 Å². The van der Waals surface area contributed by atoms with Gasteiger partial charge in [-0.1, -0.05) is 18.9 Å². The molecule has 1 aliphatic rings. The van der Waals surface area contributed by atoms with E-state index >= 15 is 0 Å². The molecule has 1 fully saturated rings. The maximum atomic E-state index is 12.2. The van der Waals surface area contributed by atoms with E-state index in [1.807, 2.05) is 26.0 Å². The third kappa shape index (κ3) is 4.74. The molecule has 0 spiro atoms. The first-order chi connectivity index (χ1) is 10.1. The van der Waals surface area contributed by atoms with Crippen molar-refractivity contribution >= 4 is 5.91 Å². The van der Waals surface area contributed by atoms with Crippen molar-refractivity contribution in [3.8, 4) is 5.75 Å². The zero-order valence-corrected chi connectivity index (χ0v) is 12.8. The molecule has 2 N–H and O–H groups in total. The van der Waals surface area contributed by atoms with Gasteiger partial charge in [-0.05, 0) is 44.9 Å². The van der Waals surface area contributed by atoms with Crippen molar-refractivity contribution in [3.63, 3.8) is 0 Å².